The van der Waals surface area contributed by atoms with Crippen LogP contribution in [0.5, 0.6) is 0 Å². The second-order valence-corrected chi connectivity index (χ2v) is 7.88. The fourth-order valence-electron chi connectivity index (χ4n) is 3.47. The number of carbonyl (C=O) groups is 2. The Labute approximate surface area is 187 Å². The average Bonchev–Trinajstić information content (AvgIpc) is 2.73. The summed E-state index contributed by atoms with van der Waals surface area (Å²) in [6.07, 6.45) is 4.83. The van der Waals surface area contributed by atoms with E-state index in [0.29, 0.717) is 5.69 Å². The van der Waals surface area contributed by atoms with Crippen LogP contribution < -0.4 is 10.2 Å². The number of halogens is 4. The zero-order valence-electron chi connectivity index (χ0n) is 17.2. The van der Waals surface area contributed by atoms with E-state index in [4.69, 9.17) is 11.6 Å². The highest BCUT2D eigenvalue weighted by atomic mass is 35.5. The number of aromatic nitrogens is 3. The molecule has 0 aliphatic heterocycles. The van der Waals surface area contributed by atoms with Crippen molar-refractivity contribution in [2.24, 2.45) is 0 Å². The van der Waals surface area contributed by atoms with Crippen molar-refractivity contribution in [2.75, 3.05) is 4.90 Å². The SMILES string of the molecule is Cc1ccc(N(C(=O)[C@H](F)Cl)[C@](C)(C(=O)NC2CC(OC(F)F)C2)c2cncnc2)cn1. The molecule has 1 aliphatic carbocycles. The lowest BCUT2D eigenvalue weighted by molar-refractivity contribution is -0.186. The third kappa shape index (κ3) is 4.99. The Balaban J connectivity index is 1.98. The molecule has 172 valence electrons. The molecule has 32 heavy (non-hydrogen) atoms. The maximum Gasteiger partial charge on any atom is 0.345 e. The number of amides is 2. The summed E-state index contributed by atoms with van der Waals surface area (Å²) < 4.78 is 43.2. The highest BCUT2D eigenvalue weighted by Gasteiger charge is 2.48. The zero-order valence-corrected chi connectivity index (χ0v) is 18.0. The van der Waals surface area contributed by atoms with Gasteiger partial charge < -0.3 is 10.1 Å². The summed E-state index contributed by atoms with van der Waals surface area (Å²) in [7, 11) is 0. The van der Waals surface area contributed by atoms with Gasteiger partial charge in [-0.1, -0.05) is 11.6 Å². The number of nitrogens with zero attached hydrogens (tertiary/aromatic N) is 4. The Morgan fingerprint density at radius 3 is 2.41 bits per heavy atom. The van der Waals surface area contributed by atoms with Gasteiger partial charge in [-0.25, -0.2) is 14.4 Å². The number of hydrogen-bond donors (Lipinski definition) is 1. The Hall–Kier alpha value is -2.79. The van der Waals surface area contributed by atoms with Crippen LogP contribution in [0.15, 0.2) is 37.1 Å². The van der Waals surface area contributed by atoms with E-state index < -0.39 is 41.7 Å². The number of pyridine rings is 1. The summed E-state index contributed by atoms with van der Waals surface area (Å²) in [6, 6.07) is 2.63. The van der Waals surface area contributed by atoms with Crippen LogP contribution in [0.2, 0.25) is 0 Å². The van der Waals surface area contributed by atoms with Gasteiger partial charge in [0.2, 0.25) is 0 Å². The van der Waals surface area contributed by atoms with Gasteiger partial charge in [-0.15, -0.1) is 0 Å². The van der Waals surface area contributed by atoms with Gasteiger partial charge >= 0.3 is 6.61 Å². The van der Waals surface area contributed by atoms with Crippen LogP contribution in [0.1, 0.15) is 31.0 Å². The molecule has 0 aromatic carbocycles. The van der Waals surface area contributed by atoms with Crippen LogP contribution in [-0.2, 0) is 19.9 Å². The smallest absolute Gasteiger partial charge is 0.345 e. The molecule has 1 saturated carbocycles. The number of rotatable bonds is 8. The molecule has 0 spiro atoms. The number of carbonyl (C=O) groups excluding carboxylic acids is 2. The quantitative estimate of drug-likeness (QED) is 0.595. The molecule has 2 aromatic rings. The topological polar surface area (TPSA) is 97.3 Å². The standard InChI is InChI=1S/C20H21ClF3N5O3/c1-11-3-4-14(9-27-11)29(17(30)16(21)22)20(2,12-7-25-10-26-8-12)18(31)28-13-5-15(6-13)32-19(23)24/h3-4,7-10,13,15-16,19H,5-6H2,1-2H3,(H,28,31)/t13?,15?,16-,20-/m0/s1. The second kappa shape index (κ2) is 9.78. The van der Waals surface area contributed by atoms with E-state index >= 15 is 0 Å². The van der Waals surface area contributed by atoms with Gasteiger partial charge in [-0.05, 0) is 38.8 Å². The largest absolute Gasteiger partial charge is 0.351 e. The molecule has 2 amide bonds. The Morgan fingerprint density at radius 2 is 1.88 bits per heavy atom. The van der Waals surface area contributed by atoms with Crippen LogP contribution in [0.25, 0.3) is 0 Å². The van der Waals surface area contributed by atoms with Crippen molar-refractivity contribution < 1.29 is 27.5 Å². The molecule has 1 fully saturated rings. The summed E-state index contributed by atoms with van der Waals surface area (Å²) in [6.45, 7) is 0.209. The molecular formula is C20H21ClF3N5O3. The van der Waals surface area contributed by atoms with Gasteiger partial charge in [-0.3, -0.25) is 19.5 Å². The first-order valence-electron chi connectivity index (χ1n) is 9.67. The van der Waals surface area contributed by atoms with Crippen LogP contribution in [-0.4, -0.2) is 51.2 Å². The number of aryl methyl sites for hydroxylation is 1. The maximum absolute atomic E-state index is 14.0. The van der Waals surface area contributed by atoms with E-state index in [1.165, 1.54) is 37.9 Å². The summed E-state index contributed by atoms with van der Waals surface area (Å²) in [4.78, 5) is 39.2. The molecule has 2 heterocycles. The predicted octanol–water partition coefficient (Wildman–Crippen LogP) is 2.85. The maximum atomic E-state index is 14.0. The molecule has 8 nitrogen and oxygen atoms in total. The van der Waals surface area contributed by atoms with Crippen LogP contribution >= 0.6 is 11.6 Å². The van der Waals surface area contributed by atoms with Crippen molar-refractivity contribution in [2.45, 2.75) is 56.6 Å². The van der Waals surface area contributed by atoms with E-state index in [0.717, 1.165) is 4.90 Å². The summed E-state index contributed by atoms with van der Waals surface area (Å²) >= 11 is 5.49. The normalized spacial score (nSPS) is 20.7. The van der Waals surface area contributed by atoms with E-state index in [9.17, 15) is 22.8 Å². The number of hydrogen-bond acceptors (Lipinski definition) is 6. The molecule has 1 aliphatic rings. The van der Waals surface area contributed by atoms with Crippen LogP contribution in [0.3, 0.4) is 0 Å². The van der Waals surface area contributed by atoms with Crippen molar-refractivity contribution in [1.29, 1.82) is 0 Å². The fraction of sp³-hybridized carbons (Fsp3) is 0.450. The van der Waals surface area contributed by atoms with Crippen molar-refractivity contribution in [3.63, 3.8) is 0 Å². The molecule has 2 atom stereocenters. The van der Waals surface area contributed by atoms with Crippen molar-refractivity contribution in [3.05, 3.63) is 48.3 Å². The van der Waals surface area contributed by atoms with Gasteiger partial charge in [0.05, 0.1) is 18.0 Å². The number of ether oxygens (including phenoxy) is 1. The average molecular weight is 472 g/mol. The first kappa shape index (κ1) is 23.9. The number of anilines is 1. The van der Waals surface area contributed by atoms with E-state index in [-0.39, 0.29) is 24.1 Å². The third-order valence-electron chi connectivity index (χ3n) is 5.30. The van der Waals surface area contributed by atoms with Gasteiger partial charge in [0.15, 0.2) is 5.54 Å². The second-order valence-electron chi connectivity index (χ2n) is 7.49. The first-order chi connectivity index (χ1) is 15.1. The van der Waals surface area contributed by atoms with Crippen molar-refractivity contribution >= 4 is 29.1 Å². The number of nitrogens with one attached hydrogen (secondary N) is 1. The Morgan fingerprint density at radius 1 is 1.22 bits per heavy atom. The third-order valence-corrected chi connectivity index (χ3v) is 5.49. The van der Waals surface area contributed by atoms with Gasteiger partial charge in [-0.2, -0.15) is 8.78 Å². The minimum absolute atomic E-state index is 0.123. The van der Waals surface area contributed by atoms with Gasteiger partial charge in [0.25, 0.3) is 17.4 Å². The molecule has 3 rings (SSSR count). The molecule has 2 aromatic heterocycles. The Bertz CT molecular complexity index is 945. The molecule has 0 saturated heterocycles. The molecule has 1 N–H and O–H groups in total. The van der Waals surface area contributed by atoms with E-state index in [1.54, 1.807) is 13.0 Å². The minimum Gasteiger partial charge on any atom is -0.351 e. The monoisotopic (exact) mass is 471 g/mol. The molecule has 0 bridgehead atoms. The number of alkyl halides is 4. The van der Waals surface area contributed by atoms with E-state index in [2.05, 4.69) is 25.0 Å². The van der Waals surface area contributed by atoms with E-state index in [1.807, 2.05) is 0 Å². The first-order valence-corrected chi connectivity index (χ1v) is 10.1. The lowest BCUT2D eigenvalue weighted by Crippen LogP contribution is -2.61. The Kier molecular flexibility index (Phi) is 7.29. The summed E-state index contributed by atoms with van der Waals surface area (Å²) in [5.74, 6) is -1.88. The highest BCUT2D eigenvalue weighted by molar-refractivity contribution is 6.32. The minimum atomic E-state index is -2.91. The predicted molar refractivity (Wildman–Crippen MR) is 109 cm³/mol. The highest BCUT2D eigenvalue weighted by Crippen LogP contribution is 2.35. The summed E-state index contributed by atoms with van der Waals surface area (Å²) in [5.41, 5.74) is -3.33. The molecular weight excluding hydrogens is 451 g/mol. The van der Waals surface area contributed by atoms with Gasteiger partial charge in [0.1, 0.15) is 6.33 Å². The summed E-state index contributed by atoms with van der Waals surface area (Å²) in [5, 5.41) is 2.71. The molecule has 12 heteroatoms. The van der Waals surface area contributed by atoms with Crippen molar-refractivity contribution in [3.8, 4) is 0 Å². The zero-order chi connectivity index (χ0) is 23.5. The molecule has 0 radical (unpaired) electrons. The van der Waals surface area contributed by atoms with Crippen molar-refractivity contribution in [1.82, 2.24) is 20.3 Å². The van der Waals surface area contributed by atoms with Crippen LogP contribution in [0.4, 0.5) is 18.9 Å². The van der Waals surface area contributed by atoms with Crippen LogP contribution in [0, 0.1) is 6.92 Å². The van der Waals surface area contributed by atoms with Gasteiger partial charge in [0, 0.05) is 29.7 Å². The lowest BCUT2D eigenvalue weighted by Gasteiger charge is -2.42. The lowest BCUT2D eigenvalue weighted by atomic mass is 9.85. The molecule has 0 unspecified atom stereocenters. The fourth-order valence-corrected chi connectivity index (χ4v) is 3.57.